The highest BCUT2D eigenvalue weighted by Gasteiger charge is 2.30. The van der Waals surface area contributed by atoms with Gasteiger partial charge in [0.25, 0.3) is 0 Å². The van der Waals surface area contributed by atoms with Crippen LogP contribution in [0.1, 0.15) is 43.0 Å². The molecule has 0 saturated heterocycles. The summed E-state index contributed by atoms with van der Waals surface area (Å²) in [6.07, 6.45) is 4.19. The van der Waals surface area contributed by atoms with Crippen molar-refractivity contribution >= 4 is 17.7 Å². The molecular formula is C15H20N2O4. The van der Waals surface area contributed by atoms with Gasteiger partial charge in [0.1, 0.15) is 11.3 Å². The van der Waals surface area contributed by atoms with Gasteiger partial charge in [-0.1, -0.05) is 12.8 Å². The number of urea groups is 1. The van der Waals surface area contributed by atoms with Crippen molar-refractivity contribution in [2.45, 2.75) is 38.1 Å². The van der Waals surface area contributed by atoms with Gasteiger partial charge in [-0.05, 0) is 31.9 Å². The number of amides is 2. The SMILES string of the molecule is COc1cc(NC(=O)NC2(C)CCCC2)ccc1C(=O)O. The van der Waals surface area contributed by atoms with Crippen LogP contribution in [-0.2, 0) is 0 Å². The van der Waals surface area contributed by atoms with Gasteiger partial charge in [-0.15, -0.1) is 0 Å². The van der Waals surface area contributed by atoms with Crippen LogP contribution in [0.4, 0.5) is 10.5 Å². The van der Waals surface area contributed by atoms with Gasteiger partial charge < -0.3 is 20.5 Å². The molecule has 0 atom stereocenters. The predicted molar refractivity (Wildman–Crippen MR) is 79.0 cm³/mol. The number of methoxy groups -OCH3 is 1. The Morgan fingerprint density at radius 2 is 1.95 bits per heavy atom. The number of anilines is 1. The second kappa shape index (κ2) is 6.03. The highest BCUT2D eigenvalue weighted by molar-refractivity contribution is 5.94. The molecule has 6 heteroatoms. The Balaban J connectivity index is 2.05. The zero-order valence-electron chi connectivity index (χ0n) is 12.2. The molecule has 0 aromatic heterocycles. The Morgan fingerprint density at radius 3 is 2.52 bits per heavy atom. The number of carboxylic acid groups (broad SMARTS) is 1. The van der Waals surface area contributed by atoms with Crippen molar-refractivity contribution in [3.63, 3.8) is 0 Å². The molecule has 1 aromatic carbocycles. The molecule has 0 spiro atoms. The molecule has 1 aliphatic carbocycles. The summed E-state index contributed by atoms with van der Waals surface area (Å²) in [5, 5.41) is 14.7. The summed E-state index contributed by atoms with van der Waals surface area (Å²) >= 11 is 0. The summed E-state index contributed by atoms with van der Waals surface area (Å²) in [6.45, 7) is 2.04. The molecule has 0 unspecified atom stereocenters. The standard InChI is InChI=1S/C15H20N2O4/c1-15(7-3-4-8-15)17-14(20)16-10-5-6-11(13(18)19)12(9-10)21-2/h5-6,9H,3-4,7-8H2,1-2H3,(H,18,19)(H2,16,17,20). The quantitative estimate of drug-likeness (QED) is 0.796. The third-order valence-corrected chi connectivity index (χ3v) is 3.81. The van der Waals surface area contributed by atoms with Crippen molar-refractivity contribution in [1.82, 2.24) is 5.32 Å². The van der Waals surface area contributed by atoms with Crippen LogP contribution in [0.2, 0.25) is 0 Å². The molecule has 0 bridgehead atoms. The number of hydrogen-bond donors (Lipinski definition) is 3. The maximum atomic E-state index is 12.0. The van der Waals surface area contributed by atoms with Crippen molar-refractivity contribution in [3.8, 4) is 5.75 Å². The lowest BCUT2D eigenvalue weighted by molar-refractivity contribution is 0.0693. The molecule has 2 amide bonds. The highest BCUT2D eigenvalue weighted by atomic mass is 16.5. The summed E-state index contributed by atoms with van der Waals surface area (Å²) in [5.41, 5.74) is 0.400. The second-order valence-electron chi connectivity index (χ2n) is 5.57. The smallest absolute Gasteiger partial charge is 0.339 e. The van der Waals surface area contributed by atoms with Crippen LogP contribution < -0.4 is 15.4 Å². The fourth-order valence-electron chi connectivity index (χ4n) is 2.66. The van der Waals surface area contributed by atoms with Crippen LogP contribution in [0, 0.1) is 0 Å². The Kier molecular flexibility index (Phi) is 4.35. The van der Waals surface area contributed by atoms with E-state index in [0.29, 0.717) is 5.69 Å². The van der Waals surface area contributed by atoms with Gasteiger partial charge in [0.05, 0.1) is 7.11 Å². The van der Waals surface area contributed by atoms with Crippen LogP contribution in [0.25, 0.3) is 0 Å². The minimum absolute atomic E-state index is 0.0613. The number of ether oxygens (including phenoxy) is 1. The summed E-state index contributed by atoms with van der Waals surface area (Å²) in [7, 11) is 1.39. The second-order valence-corrected chi connectivity index (χ2v) is 5.57. The summed E-state index contributed by atoms with van der Waals surface area (Å²) in [4.78, 5) is 23.0. The molecular weight excluding hydrogens is 272 g/mol. The van der Waals surface area contributed by atoms with Crippen LogP contribution >= 0.6 is 0 Å². The zero-order chi connectivity index (χ0) is 15.5. The van der Waals surface area contributed by atoms with Gasteiger partial charge in [0.2, 0.25) is 0 Å². The Labute approximate surface area is 123 Å². The Hall–Kier alpha value is -2.24. The largest absolute Gasteiger partial charge is 0.496 e. The molecule has 1 fully saturated rings. The molecule has 1 aliphatic rings. The fraction of sp³-hybridized carbons (Fsp3) is 0.467. The average molecular weight is 292 g/mol. The Morgan fingerprint density at radius 1 is 1.29 bits per heavy atom. The monoisotopic (exact) mass is 292 g/mol. The zero-order valence-corrected chi connectivity index (χ0v) is 12.2. The van der Waals surface area contributed by atoms with E-state index < -0.39 is 5.97 Å². The topological polar surface area (TPSA) is 87.7 Å². The van der Waals surface area contributed by atoms with Crippen molar-refractivity contribution in [1.29, 1.82) is 0 Å². The lowest BCUT2D eigenvalue weighted by atomic mass is 10.0. The van der Waals surface area contributed by atoms with Gasteiger partial charge in [-0.2, -0.15) is 0 Å². The van der Waals surface area contributed by atoms with Gasteiger partial charge in [-0.25, -0.2) is 9.59 Å². The Bertz CT molecular complexity index is 551. The minimum atomic E-state index is -1.07. The number of carbonyl (C=O) groups excluding carboxylic acids is 1. The van der Waals surface area contributed by atoms with E-state index in [9.17, 15) is 9.59 Å². The predicted octanol–water partition coefficient (Wildman–Crippen LogP) is 2.85. The number of carboxylic acids is 1. The fourth-order valence-corrected chi connectivity index (χ4v) is 2.66. The van der Waals surface area contributed by atoms with Crippen molar-refractivity contribution in [2.24, 2.45) is 0 Å². The number of nitrogens with one attached hydrogen (secondary N) is 2. The normalized spacial score (nSPS) is 16.3. The van der Waals surface area contributed by atoms with E-state index in [4.69, 9.17) is 9.84 Å². The van der Waals surface area contributed by atoms with E-state index in [2.05, 4.69) is 10.6 Å². The number of carbonyl (C=O) groups is 2. The number of benzene rings is 1. The van der Waals surface area contributed by atoms with Crippen LogP contribution in [0.3, 0.4) is 0 Å². The molecule has 1 aromatic rings. The van der Waals surface area contributed by atoms with Gasteiger partial charge >= 0.3 is 12.0 Å². The van der Waals surface area contributed by atoms with Crippen LogP contribution in [0.15, 0.2) is 18.2 Å². The molecule has 2 rings (SSSR count). The van der Waals surface area contributed by atoms with Crippen molar-refractivity contribution in [3.05, 3.63) is 23.8 Å². The summed E-state index contributed by atoms with van der Waals surface area (Å²) in [6, 6.07) is 4.17. The number of aromatic carboxylic acids is 1. The summed E-state index contributed by atoms with van der Waals surface area (Å²) < 4.78 is 5.03. The third-order valence-electron chi connectivity index (χ3n) is 3.81. The van der Waals surface area contributed by atoms with E-state index in [1.165, 1.54) is 19.2 Å². The molecule has 3 N–H and O–H groups in total. The van der Waals surface area contributed by atoms with E-state index >= 15 is 0 Å². The molecule has 6 nitrogen and oxygen atoms in total. The molecule has 0 radical (unpaired) electrons. The first-order valence-electron chi connectivity index (χ1n) is 6.94. The minimum Gasteiger partial charge on any atom is -0.496 e. The molecule has 0 heterocycles. The molecule has 1 saturated carbocycles. The van der Waals surface area contributed by atoms with E-state index in [-0.39, 0.29) is 22.9 Å². The van der Waals surface area contributed by atoms with Gasteiger partial charge in [0.15, 0.2) is 0 Å². The molecule has 0 aliphatic heterocycles. The van der Waals surface area contributed by atoms with E-state index in [0.717, 1.165) is 25.7 Å². The lowest BCUT2D eigenvalue weighted by Crippen LogP contribution is -2.45. The average Bonchev–Trinajstić information content (AvgIpc) is 2.84. The number of hydrogen-bond acceptors (Lipinski definition) is 3. The van der Waals surface area contributed by atoms with Crippen molar-refractivity contribution in [2.75, 3.05) is 12.4 Å². The van der Waals surface area contributed by atoms with Gasteiger partial charge in [-0.3, -0.25) is 0 Å². The highest BCUT2D eigenvalue weighted by Crippen LogP contribution is 2.29. The van der Waals surface area contributed by atoms with E-state index in [1.54, 1.807) is 6.07 Å². The summed E-state index contributed by atoms with van der Waals surface area (Å²) in [5.74, 6) is -0.853. The molecule has 21 heavy (non-hydrogen) atoms. The van der Waals surface area contributed by atoms with Crippen LogP contribution in [-0.4, -0.2) is 29.8 Å². The third kappa shape index (κ3) is 3.65. The van der Waals surface area contributed by atoms with E-state index in [1.807, 2.05) is 6.92 Å². The van der Waals surface area contributed by atoms with Crippen LogP contribution in [0.5, 0.6) is 5.75 Å². The first-order valence-corrected chi connectivity index (χ1v) is 6.94. The van der Waals surface area contributed by atoms with Crippen molar-refractivity contribution < 1.29 is 19.4 Å². The van der Waals surface area contributed by atoms with Gasteiger partial charge in [0, 0.05) is 17.3 Å². The number of rotatable bonds is 4. The first kappa shape index (κ1) is 15.2. The maximum Gasteiger partial charge on any atom is 0.339 e. The lowest BCUT2D eigenvalue weighted by Gasteiger charge is -2.25. The maximum absolute atomic E-state index is 12.0. The molecule has 114 valence electrons. The first-order chi connectivity index (χ1) is 9.93.